The van der Waals surface area contributed by atoms with Gasteiger partial charge in [0, 0.05) is 37.0 Å². The molecule has 0 amide bonds. The summed E-state index contributed by atoms with van der Waals surface area (Å²) in [5.74, 6) is 1.43. The SMILES string of the molecule is Cc1nn(C)c(C)c1CNc1cc2c(cc1Cl)OCCO2. The van der Waals surface area contributed by atoms with E-state index in [9.17, 15) is 0 Å². The molecular formula is C15H18ClN3O2. The molecule has 2 aromatic rings. The van der Waals surface area contributed by atoms with E-state index >= 15 is 0 Å². The highest BCUT2D eigenvalue weighted by Crippen LogP contribution is 2.38. The van der Waals surface area contributed by atoms with Crippen molar-refractivity contribution >= 4 is 17.3 Å². The molecule has 0 unspecified atom stereocenters. The summed E-state index contributed by atoms with van der Waals surface area (Å²) >= 11 is 6.29. The van der Waals surface area contributed by atoms with Crippen molar-refractivity contribution in [1.82, 2.24) is 9.78 Å². The summed E-state index contributed by atoms with van der Waals surface area (Å²) in [6, 6.07) is 3.68. The topological polar surface area (TPSA) is 48.3 Å². The van der Waals surface area contributed by atoms with E-state index in [2.05, 4.69) is 17.3 Å². The monoisotopic (exact) mass is 307 g/mol. The van der Waals surface area contributed by atoms with Gasteiger partial charge in [0.05, 0.1) is 16.4 Å². The Kier molecular flexibility index (Phi) is 3.68. The van der Waals surface area contributed by atoms with Crippen LogP contribution in [0.4, 0.5) is 5.69 Å². The summed E-state index contributed by atoms with van der Waals surface area (Å²) in [6.45, 7) is 5.86. The number of aromatic nitrogens is 2. The number of ether oxygens (including phenoxy) is 2. The fraction of sp³-hybridized carbons (Fsp3) is 0.400. The number of fused-ring (bicyclic) bond motifs is 1. The highest BCUT2D eigenvalue weighted by molar-refractivity contribution is 6.33. The van der Waals surface area contributed by atoms with E-state index in [4.69, 9.17) is 21.1 Å². The van der Waals surface area contributed by atoms with Crippen LogP contribution in [0.15, 0.2) is 12.1 Å². The highest BCUT2D eigenvalue weighted by Gasteiger charge is 2.16. The standard InChI is InChI=1S/C15H18ClN3O2/c1-9-11(10(2)19(3)18-9)8-17-13-7-15-14(6-12(13)16)20-4-5-21-15/h6-7,17H,4-5,8H2,1-3H3. The van der Waals surface area contributed by atoms with Crippen LogP contribution in [0.2, 0.25) is 5.02 Å². The third-order valence-corrected chi connectivity index (χ3v) is 4.06. The van der Waals surface area contributed by atoms with Gasteiger partial charge < -0.3 is 14.8 Å². The quantitative estimate of drug-likeness (QED) is 0.946. The molecule has 0 fully saturated rings. The maximum absolute atomic E-state index is 6.29. The number of anilines is 1. The van der Waals surface area contributed by atoms with Gasteiger partial charge in [-0.3, -0.25) is 4.68 Å². The van der Waals surface area contributed by atoms with Crippen molar-refractivity contribution in [3.8, 4) is 11.5 Å². The Morgan fingerprint density at radius 1 is 1.24 bits per heavy atom. The van der Waals surface area contributed by atoms with E-state index in [1.54, 1.807) is 6.07 Å². The Morgan fingerprint density at radius 2 is 1.90 bits per heavy atom. The first-order valence-corrected chi connectivity index (χ1v) is 7.26. The lowest BCUT2D eigenvalue weighted by molar-refractivity contribution is 0.171. The normalized spacial score (nSPS) is 13.3. The number of hydrogen-bond acceptors (Lipinski definition) is 4. The molecule has 0 aliphatic carbocycles. The van der Waals surface area contributed by atoms with Crippen LogP contribution >= 0.6 is 11.6 Å². The van der Waals surface area contributed by atoms with Crippen LogP contribution in [0.1, 0.15) is 17.0 Å². The number of nitrogens with zero attached hydrogens (tertiary/aromatic N) is 2. The van der Waals surface area contributed by atoms with E-state index in [1.807, 2.05) is 24.7 Å². The van der Waals surface area contributed by atoms with Gasteiger partial charge in [0.1, 0.15) is 13.2 Å². The second-order valence-corrected chi connectivity index (χ2v) is 5.51. The Bertz CT molecular complexity index is 682. The highest BCUT2D eigenvalue weighted by atomic mass is 35.5. The molecule has 5 nitrogen and oxygen atoms in total. The van der Waals surface area contributed by atoms with Crippen molar-refractivity contribution < 1.29 is 9.47 Å². The second-order valence-electron chi connectivity index (χ2n) is 5.10. The summed E-state index contributed by atoms with van der Waals surface area (Å²) in [4.78, 5) is 0. The van der Waals surface area contributed by atoms with E-state index in [1.165, 1.54) is 5.56 Å². The molecule has 1 aliphatic heterocycles. The van der Waals surface area contributed by atoms with Gasteiger partial charge in [-0.1, -0.05) is 11.6 Å². The molecule has 2 heterocycles. The van der Waals surface area contributed by atoms with Crippen LogP contribution in [0, 0.1) is 13.8 Å². The Labute approximate surface area is 128 Å². The zero-order chi connectivity index (χ0) is 15.0. The first-order valence-electron chi connectivity index (χ1n) is 6.88. The Balaban J connectivity index is 1.82. The lowest BCUT2D eigenvalue weighted by Gasteiger charge is -2.20. The minimum atomic E-state index is 0.560. The number of benzene rings is 1. The van der Waals surface area contributed by atoms with Crippen LogP contribution in [0.5, 0.6) is 11.5 Å². The minimum absolute atomic E-state index is 0.560. The molecular weight excluding hydrogens is 290 g/mol. The number of halogens is 1. The molecule has 0 saturated carbocycles. The predicted molar refractivity (Wildman–Crippen MR) is 82.5 cm³/mol. The third kappa shape index (κ3) is 2.65. The molecule has 112 valence electrons. The van der Waals surface area contributed by atoms with E-state index in [0.717, 1.165) is 22.8 Å². The largest absolute Gasteiger partial charge is 0.486 e. The molecule has 0 atom stereocenters. The van der Waals surface area contributed by atoms with Crippen LogP contribution < -0.4 is 14.8 Å². The Morgan fingerprint density at radius 3 is 2.52 bits per heavy atom. The number of aryl methyl sites for hydroxylation is 2. The van der Waals surface area contributed by atoms with Gasteiger partial charge in [0.15, 0.2) is 11.5 Å². The molecule has 21 heavy (non-hydrogen) atoms. The minimum Gasteiger partial charge on any atom is -0.486 e. The average molecular weight is 308 g/mol. The zero-order valence-corrected chi connectivity index (χ0v) is 13.1. The van der Waals surface area contributed by atoms with Gasteiger partial charge in [-0.15, -0.1) is 0 Å². The molecule has 1 aromatic carbocycles. The van der Waals surface area contributed by atoms with Crippen molar-refractivity contribution in [3.63, 3.8) is 0 Å². The lowest BCUT2D eigenvalue weighted by atomic mass is 10.2. The fourth-order valence-electron chi connectivity index (χ4n) is 2.46. The maximum atomic E-state index is 6.29. The third-order valence-electron chi connectivity index (χ3n) is 3.75. The predicted octanol–water partition coefficient (Wildman–Crippen LogP) is 3.07. The summed E-state index contributed by atoms with van der Waals surface area (Å²) in [5.41, 5.74) is 4.19. The molecule has 1 N–H and O–H groups in total. The molecule has 0 spiro atoms. The zero-order valence-electron chi connectivity index (χ0n) is 12.4. The lowest BCUT2D eigenvalue weighted by Crippen LogP contribution is -2.15. The van der Waals surface area contributed by atoms with Crippen molar-refractivity contribution in [2.45, 2.75) is 20.4 Å². The second kappa shape index (κ2) is 5.48. The van der Waals surface area contributed by atoms with E-state index < -0.39 is 0 Å². The van der Waals surface area contributed by atoms with Gasteiger partial charge in [0.2, 0.25) is 0 Å². The first kappa shape index (κ1) is 14.1. The van der Waals surface area contributed by atoms with Crippen LogP contribution in [0.25, 0.3) is 0 Å². The van der Waals surface area contributed by atoms with Crippen LogP contribution in [-0.4, -0.2) is 23.0 Å². The van der Waals surface area contributed by atoms with Gasteiger partial charge in [-0.2, -0.15) is 5.10 Å². The molecule has 0 bridgehead atoms. The summed E-state index contributed by atoms with van der Waals surface area (Å²) < 4.78 is 13.0. The summed E-state index contributed by atoms with van der Waals surface area (Å²) in [5, 5.41) is 8.39. The molecule has 1 aromatic heterocycles. The van der Waals surface area contributed by atoms with Crippen molar-refractivity contribution in [2.75, 3.05) is 18.5 Å². The van der Waals surface area contributed by atoms with Crippen molar-refractivity contribution in [3.05, 3.63) is 34.1 Å². The van der Waals surface area contributed by atoms with Crippen molar-refractivity contribution in [2.24, 2.45) is 7.05 Å². The molecule has 3 rings (SSSR count). The van der Waals surface area contributed by atoms with E-state index in [-0.39, 0.29) is 0 Å². The number of nitrogens with one attached hydrogen (secondary N) is 1. The first-order chi connectivity index (χ1) is 10.1. The Hall–Kier alpha value is -1.88. The molecule has 1 aliphatic rings. The molecule has 0 radical (unpaired) electrons. The van der Waals surface area contributed by atoms with Crippen molar-refractivity contribution in [1.29, 1.82) is 0 Å². The number of hydrogen-bond donors (Lipinski definition) is 1. The van der Waals surface area contributed by atoms with Crippen LogP contribution in [-0.2, 0) is 13.6 Å². The maximum Gasteiger partial charge on any atom is 0.163 e. The molecule has 6 heteroatoms. The van der Waals surface area contributed by atoms with Gasteiger partial charge in [0.25, 0.3) is 0 Å². The smallest absolute Gasteiger partial charge is 0.163 e. The number of rotatable bonds is 3. The van der Waals surface area contributed by atoms with Gasteiger partial charge in [-0.05, 0) is 13.8 Å². The average Bonchev–Trinajstić information content (AvgIpc) is 2.70. The summed E-state index contributed by atoms with van der Waals surface area (Å²) in [7, 11) is 1.95. The van der Waals surface area contributed by atoms with Crippen LogP contribution in [0.3, 0.4) is 0 Å². The van der Waals surface area contributed by atoms with Gasteiger partial charge in [-0.25, -0.2) is 0 Å². The summed E-state index contributed by atoms with van der Waals surface area (Å²) in [6.07, 6.45) is 0. The van der Waals surface area contributed by atoms with E-state index in [0.29, 0.717) is 30.5 Å². The van der Waals surface area contributed by atoms with Gasteiger partial charge >= 0.3 is 0 Å². The fourth-order valence-corrected chi connectivity index (χ4v) is 2.68. The molecule has 0 saturated heterocycles.